The summed E-state index contributed by atoms with van der Waals surface area (Å²) in [6.45, 7) is -0.166. The minimum atomic E-state index is -2.97. The molecule has 0 saturated carbocycles. The minimum Gasteiger partial charge on any atom is -0.461 e. The first-order chi connectivity index (χ1) is 18.4. The van der Waals surface area contributed by atoms with Crippen LogP contribution in [0.3, 0.4) is 0 Å². The van der Waals surface area contributed by atoms with Crippen LogP contribution in [0.15, 0.2) is 48.5 Å². The van der Waals surface area contributed by atoms with Crippen molar-refractivity contribution in [3.8, 4) is 11.4 Å². The molecule has 1 fully saturated rings. The highest BCUT2D eigenvalue weighted by atomic mass is 19.3. The fourth-order valence-electron chi connectivity index (χ4n) is 4.82. The van der Waals surface area contributed by atoms with Gasteiger partial charge in [0.05, 0.1) is 12.3 Å². The highest BCUT2D eigenvalue weighted by molar-refractivity contribution is 6.09. The Hall–Kier alpha value is -4.28. The van der Waals surface area contributed by atoms with Gasteiger partial charge < -0.3 is 19.3 Å². The quantitative estimate of drug-likeness (QED) is 0.426. The highest BCUT2D eigenvalue weighted by Gasteiger charge is 2.35. The molecule has 38 heavy (non-hydrogen) atoms. The fourth-order valence-corrected chi connectivity index (χ4v) is 4.82. The number of carbonyl (C=O) groups is 3. The van der Waals surface area contributed by atoms with Gasteiger partial charge in [-0.3, -0.25) is 9.59 Å². The van der Waals surface area contributed by atoms with Gasteiger partial charge in [-0.25, -0.2) is 9.48 Å². The van der Waals surface area contributed by atoms with E-state index in [2.05, 4.69) is 9.84 Å². The molecule has 3 heterocycles. The van der Waals surface area contributed by atoms with Gasteiger partial charge in [0.2, 0.25) is 5.91 Å². The maximum Gasteiger partial charge on any atom is 0.387 e. The largest absolute Gasteiger partial charge is 0.461 e. The smallest absolute Gasteiger partial charge is 0.387 e. The molecule has 1 aromatic heterocycles. The normalized spacial score (nSPS) is 15.6. The molecular weight excluding hydrogens is 498 g/mol. The molecule has 5 rings (SSSR count). The van der Waals surface area contributed by atoms with Gasteiger partial charge in [-0.15, -0.1) is 0 Å². The molecule has 2 aromatic carbocycles. The summed E-state index contributed by atoms with van der Waals surface area (Å²) in [4.78, 5) is 42.1. The van der Waals surface area contributed by atoms with Crippen LogP contribution in [0, 0.1) is 0 Å². The number of ether oxygens (including phenoxy) is 2. The lowest BCUT2D eigenvalue weighted by molar-refractivity contribution is -0.119. The van der Waals surface area contributed by atoms with Crippen LogP contribution in [-0.4, -0.2) is 53.9 Å². The van der Waals surface area contributed by atoms with E-state index in [0.717, 1.165) is 18.5 Å². The molecule has 0 aliphatic carbocycles. The van der Waals surface area contributed by atoms with Crippen molar-refractivity contribution >= 4 is 29.2 Å². The number of hydrogen-bond acceptors (Lipinski definition) is 6. The van der Waals surface area contributed by atoms with Gasteiger partial charge in [-0.1, -0.05) is 0 Å². The second-order valence-corrected chi connectivity index (χ2v) is 8.91. The summed E-state index contributed by atoms with van der Waals surface area (Å²) in [6.07, 6.45) is 2.72. The Morgan fingerprint density at radius 1 is 0.921 bits per heavy atom. The van der Waals surface area contributed by atoms with Gasteiger partial charge in [-0.05, 0) is 74.7 Å². The first-order valence-corrected chi connectivity index (χ1v) is 12.4. The Morgan fingerprint density at radius 3 is 2.21 bits per heavy atom. The number of piperidine rings is 1. The zero-order chi connectivity index (χ0) is 26.8. The van der Waals surface area contributed by atoms with E-state index in [1.54, 1.807) is 28.9 Å². The Morgan fingerprint density at radius 2 is 1.58 bits per heavy atom. The molecule has 198 valence electrons. The molecule has 2 amide bonds. The lowest BCUT2D eigenvalue weighted by Gasteiger charge is -2.29. The predicted molar refractivity (Wildman–Crippen MR) is 134 cm³/mol. The summed E-state index contributed by atoms with van der Waals surface area (Å²) in [5.41, 5.74) is 2.52. The van der Waals surface area contributed by atoms with Gasteiger partial charge >= 0.3 is 12.6 Å². The minimum absolute atomic E-state index is 0.0433. The molecule has 0 unspecified atom stereocenters. The maximum atomic E-state index is 13.8. The van der Waals surface area contributed by atoms with E-state index in [1.165, 1.54) is 28.9 Å². The number of halogens is 2. The third kappa shape index (κ3) is 4.83. The summed E-state index contributed by atoms with van der Waals surface area (Å²) >= 11 is 0. The average Bonchev–Trinajstić information content (AvgIpc) is 3.30. The molecule has 11 heteroatoms. The molecule has 2 aliphatic heterocycles. The Balaban J connectivity index is 1.48. The van der Waals surface area contributed by atoms with Crippen LogP contribution in [0.2, 0.25) is 0 Å². The molecule has 2 aliphatic rings. The van der Waals surface area contributed by atoms with Crippen LogP contribution in [0.1, 0.15) is 52.7 Å². The van der Waals surface area contributed by atoms with E-state index in [4.69, 9.17) is 4.74 Å². The monoisotopic (exact) mass is 524 g/mol. The number of fused-ring (bicyclic) bond motifs is 1. The lowest BCUT2D eigenvalue weighted by atomic mass is 10.0. The van der Waals surface area contributed by atoms with Crippen molar-refractivity contribution in [1.29, 1.82) is 0 Å². The highest BCUT2D eigenvalue weighted by Crippen LogP contribution is 2.31. The number of anilines is 2. The summed E-state index contributed by atoms with van der Waals surface area (Å²) in [6, 6.07) is 12.9. The standard InChI is InChI=1S/C27H26F2N4O5/c1-2-37-26(36)23-21-14-16-32(18-8-6-17(7-9-18)31-15-4-3-5-22(31)34)25(35)24(21)33(30-23)19-10-12-20(13-11-19)38-27(28)29/h6-13,27H,2-5,14-16H2,1H3. The number of benzene rings is 2. The van der Waals surface area contributed by atoms with Gasteiger partial charge in [0, 0.05) is 36.4 Å². The number of carbonyl (C=O) groups excluding carboxylic acids is 3. The van der Waals surface area contributed by atoms with Crippen molar-refractivity contribution in [3.05, 3.63) is 65.5 Å². The number of rotatable bonds is 7. The molecule has 0 radical (unpaired) electrons. The van der Waals surface area contributed by atoms with Gasteiger partial charge in [0.1, 0.15) is 11.4 Å². The SMILES string of the molecule is CCOC(=O)c1nn(-c2ccc(OC(F)F)cc2)c2c1CCN(c1ccc(N3CCCCC3=O)cc1)C2=O. The van der Waals surface area contributed by atoms with Crippen LogP contribution in [0.4, 0.5) is 20.2 Å². The van der Waals surface area contributed by atoms with Crippen molar-refractivity contribution in [2.45, 2.75) is 39.2 Å². The first-order valence-electron chi connectivity index (χ1n) is 12.4. The zero-order valence-corrected chi connectivity index (χ0v) is 20.7. The third-order valence-electron chi connectivity index (χ3n) is 6.59. The van der Waals surface area contributed by atoms with Crippen molar-refractivity contribution < 1.29 is 32.6 Å². The van der Waals surface area contributed by atoms with Gasteiger partial charge in [0.15, 0.2) is 5.69 Å². The molecule has 0 spiro atoms. The second kappa shape index (κ2) is 10.6. The van der Waals surface area contributed by atoms with Crippen LogP contribution in [-0.2, 0) is 16.0 Å². The van der Waals surface area contributed by atoms with Gasteiger partial charge in [-0.2, -0.15) is 13.9 Å². The average molecular weight is 525 g/mol. The van der Waals surface area contributed by atoms with E-state index in [9.17, 15) is 23.2 Å². The van der Waals surface area contributed by atoms with E-state index in [-0.39, 0.29) is 35.6 Å². The van der Waals surface area contributed by atoms with Crippen molar-refractivity contribution in [3.63, 3.8) is 0 Å². The third-order valence-corrected chi connectivity index (χ3v) is 6.59. The van der Waals surface area contributed by atoms with Crippen LogP contribution >= 0.6 is 0 Å². The maximum absolute atomic E-state index is 13.8. The molecule has 0 atom stereocenters. The Kier molecular flexibility index (Phi) is 7.08. The molecular formula is C27H26F2N4O5. The molecule has 3 aromatic rings. The summed E-state index contributed by atoms with van der Waals surface area (Å²) in [5, 5.41) is 4.39. The fraction of sp³-hybridized carbons (Fsp3) is 0.333. The number of esters is 1. The van der Waals surface area contributed by atoms with Crippen molar-refractivity contribution in [2.24, 2.45) is 0 Å². The topological polar surface area (TPSA) is 94.0 Å². The van der Waals surface area contributed by atoms with E-state index in [1.807, 2.05) is 12.1 Å². The van der Waals surface area contributed by atoms with Crippen molar-refractivity contribution in [1.82, 2.24) is 9.78 Å². The first kappa shape index (κ1) is 25.4. The van der Waals surface area contributed by atoms with E-state index in [0.29, 0.717) is 42.9 Å². The van der Waals surface area contributed by atoms with E-state index < -0.39 is 12.6 Å². The predicted octanol–water partition coefficient (Wildman–Crippen LogP) is 4.37. The number of aromatic nitrogens is 2. The Labute approximate surface area is 217 Å². The van der Waals surface area contributed by atoms with Crippen molar-refractivity contribution in [2.75, 3.05) is 29.5 Å². The number of hydrogen-bond donors (Lipinski definition) is 0. The van der Waals surface area contributed by atoms with E-state index >= 15 is 0 Å². The Bertz CT molecular complexity index is 1360. The number of amides is 2. The second-order valence-electron chi connectivity index (χ2n) is 8.91. The molecule has 9 nitrogen and oxygen atoms in total. The molecule has 1 saturated heterocycles. The lowest BCUT2D eigenvalue weighted by Crippen LogP contribution is -2.39. The van der Waals surface area contributed by atoms with Crippen LogP contribution in [0.25, 0.3) is 5.69 Å². The number of alkyl halides is 2. The number of nitrogens with zero attached hydrogens (tertiary/aromatic N) is 4. The summed E-state index contributed by atoms with van der Waals surface area (Å²) < 4.78 is 36.1. The zero-order valence-electron chi connectivity index (χ0n) is 20.7. The van der Waals surface area contributed by atoms with Crippen LogP contribution in [0.5, 0.6) is 5.75 Å². The molecule has 0 N–H and O–H groups in total. The molecule has 0 bridgehead atoms. The summed E-state index contributed by atoms with van der Waals surface area (Å²) in [7, 11) is 0. The summed E-state index contributed by atoms with van der Waals surface area (Å²) in [5.74, 6) is -0.973. The van der Waals surface area contributed by atoms with Crippen LogP contribution < -0.4 is 14.5 Å². The van der Waals surface area contributed by atoms with Gasteiger partial charge in [0.25, 0.3) is 5.91 Å².